The van der Waals surface area contributed by atoms with Crippen molar-refractivity contribution >= 4 is 0 Å². The molecule has 0 bridgehead atoms. The van der Waals surface area contributed by atoms with Gasteiger partial charge in [-0.25, -0.2) is 9.97 Å². The zero-order chi connectivity index (χ0) is 34.6. The Morgan fingerprint density at radius 1 is 0.462 bits per heavy atom. The minimum absolute atomic E-state index is 0.642. The van der Waals surface area contributed by atoms with E-state index in [1.54, 1.807) is 0 Å². The van der Waals surface area contributed by atoms with Crippen molar-refractivity contribution in [2.45, 2.75) is 5.41 Å². The number of ether oxygens (including phenoxy) is 1. The van der Waals surface area contributed by atoms with Crippen LogP contribution in [0.5, 0.6) is 11.5 Å². The summed E-state index contributed by atoms with van der Waals surface area (Å²) < 4.78 is 7.02. The van der Waals surface area contributed by atoms with Crippen LogP contribution < -0.4 is 4.74 Å². The topological polar surface area (TPSA) is 58.8 Å². The van der Waals surface area contributed by atoms with E-state index in [1.807, 2.05) is 66.7 Å². The normalized spacial score (nSPS) is 14.8. The SMILES string of the molecule is N#Cc1ccc(-c2cccc3c2-c2ccccc2C32c3ccccc3Oc3c(-c4cc(-c5ccccc5)nc(-c5ccccc5)n4)cccc32)cc1. The molecule has 7 aromatic carbocycles. The maximum atomic E-state index is 9.52. The summed E-state index contributed by atoms with van der Waals surface area (Å²) in [5.41, 5.74) is 13.6. The van der Waals surface area contributed by atoms with E-state index in [4.69, 9.17) is 14.7 Å². The second kappa shape index (κ2) is 11.8. The Morgan fingerprint density at radius 3 is 1.83 bits per heavy atom. The number of aromatic nitrogens is 2. The first-order chi connectivity index (χ1) is 25.7. The molecule has 2 aliphatic rings. The van der Waals surface area contributed by atoms with Crippen LogP contribution in [0.4, 0.5) is 0 Å². The van der Waals surface area contributed by atoms with Gasteiger partial charge in [0.25, 0.3) is 0 Å². The van der Waals surface area contributed by atoms with Crippen molar-refractivity contribution in [1.29, 1.82) is 5.26 Å². The quantitative estimate of drug-likeness (QED) is 0.188. The van der Waals surface area contributed by atoms with E-state index in [2.05, 4.69) is 115 Å². The summed E-state index contributed by atoms with van der Waals surface area (Å²) in [6.07, 6.45) is 0. The van der Waals surface area contributed by atoms with E-state index < -0.39 is 5.41 Å². The Hall–Kier alpha value is -7.09. The maximum absolute atomic E-state index is 9.52. The van der Waals surface area contributed by atoms with Gasteiger partial charge in [-0.15, -0.1) is 0 Å². The van der Waals surface area contributed by atoms with Crippen LogP contribution in [-0.4, -0.2) is 9.97 Å². The minimum Gasteiger partial charge on any atom is -0.456 e. The summed E-state index contributed by atoms with van der Waals surface area (Å²) in [5, 5.41) is 9.52. The zero-order valence-electron chi connectivity index (χ0n) is 28.0. The van der Waals surface area contributed by atoms with Gasteiger partial charge in [0.1, 0.15) is 11.5 Å². The molecule has 1 aliphatic carbocycles. The smallest absolute Gasteiger partial charge is 0.160 e. The van der Waals surface area contributed by atoms with Crippen molar-refractivity contribution in [3.05, 3.63) is 204 Å². The molecule has 8 aromatic rings. The number of nitrogens with zero attached hydrogens (tertiary/aromatic N) is 3. The van der Waals surface area contributed by atoms with Crippen LogP contribution in [0.2, 0.25) is 0 Å². The van der Waals surface area contributed by atoms with E-state index in [-0.39, 0.29) is 0 Å². The summed E-state index contributed by atoms with van der Waals surface area (Å²) in [5.74, 6) is 2.25. The van der Waals surface area contributed by atoms with Gasteiger partial charge in [0.2, 0.25) is 0 Å². The highest BCUT2D eigenvalue weighted by molar-refractivity contribution is 5.97. The third-order valence-corrected chi connectivity index (χ3v) is 10.4. The molecule has 4 nitrogen and oxygen atoms in total. The highest BCUT2D eigenvalue weighted by Crippen LogP contribution is 2.64. The number of para-hydroxylation sites is 2. The fraction of sp³-hybridized carbons (Fsp3) is 0.0208. The Morgan fingerprint density at radius 2 is 1.06 bits per heavy atom. The fourth-order valence-corrected chi connectivity index (χ4v) is 8.20. The molecular formula is C48H29N3O. The standard InChI is InChI=1S/C48H29N3O/c49-30-31-25-27-32(28-26-31)35-18-11-22-40-45(35)36-17-7-8-20-38(36)48(40)39-21-9-10-24-44(39)52-46-37(19-12-23-41(46)48)43-29-42(33-13-3-1-4-14-33)50-47(51-43)34-15-5-2-6-16-34/h1-29H. The van der Waals surface area contributed by atoms with Crippen molar-refractivity contribution in [3.8, 4) is 73.7 Å². The molecule has 1 aromatic heterocycles. The van der Waals surface area contributed by atoms with Gasteiger partial charge in [0, 0.05) is 27.8 Å². The lowest BCUT2D eigenvalue weighted by atomic mass is 9.65. The van der Waals surface area contributed by atoms with E-state index in [9.17, 15) is 5.26 Å². The molecule has 0 N–H and O–H groups in total. The van der Waals surface area contributed by atoms with Gasteiger partial charge in [-0.3, -0.25) is 0 Å². The monoisotopic (exact) mass is 663 g/mol. The molecule has 0 saturated heterocycles. The molecule has 1 unspecified atom stereocenters. The average Bonchev–Trinajstić information content (AvgIpc) is 3.52. The Kier molecular flexibility index (Phi) is 6.74. The van der Waals surface area contributed by atoms with Crippen LogP contribution in [0.1, 0.15) is 27.8 Å². The first kappa shape index (κ1) is 29.8. The van der Waals surface area contributed by atoms with Gasteiger partial charge in [-0.2, -0.15) is 5.26 Å². The third-order valence-electron chi connectivity index (χ3n) is 10.4. The maximum Gasteiger partial charge on any atom is 0.160 e. The fourth-order valence-electron chi connectivity index (χ4n) is 8.20. The van der Waals surface area contributed by atoms with Crippen molar-refractivity contribution in [2.24, 2.45) is 0 Å². The molecule has 0 fully saturated rings. The zero-order valence-corrected chi connectivity index (χ0v) is 28.0. The second-order valence-corrected chi connectivity index (χ2v) is 13.2. The molecule has 0 amide bonds. The van der Waals surface area contributed by atoms with E-state index in [0.29, 0.717) is 11.4 Å². The minimum atomic E-state index is -0.660. The van der Waals surface area contributed by atoms with Crippen molar-refractivity contribution in [1.82, 2.24) is 9.97 Å². The average molecular weight is 664 g/mol. The van der Waals surface area contributed by atoms with Gasteiger partial charge in [0.15, 0.2) is 5.82 Å². The van der Waals surface area contributed by atoms with Crippen LogP contribution in [-0.2, 0) is 5.41 Å². The molecule has 1 atom stereocenters. The number of benzene rings is 7. The second-order valence-electron chi connectivity index (χ2n) is 13.2. The lowest BCUT2D eigenvalue weighted by Crippen LogP contribution is -2.32. The van der Waals surface area contributed by atoms with Gasteiger partial charge in [-0.1, -0.05) is 146 Å². The van der Waals surface area contributed by atoms with Crippen LogP contribution in [0.3, 0.4) is 0 Å². The number of hydrogen-bond donors (Lipinski definition) is 0. The Balaban J connectivity index is 1.27. The molecule has 10 rings (SSSR count). The summed E-state index contributed by atoms with van der Waals surface area (Å²) in [6.45, 7) is 0. The summed E-state index contributed by atoms with van der Waals surface area (Å²) in [7, 11) is 0. The molecule has 0 saturated carbocycles. The van der Waals surface area contributed by atoms with Crippen LogP contribution in [0.25, 0.3) is 56.2 Å². The number of nitriles is 1. The molecule has 1 aliphatic heterocycles. The summed E-state index contributed by atoms with van der Waals surface area (Å²) in [4.78, 5) is 10.3. The largest absolute Gasteiger partial charge is 0.456 e. The molecule has 242 valence electrons. The highest BCUT2D eigenvalue weighted by atomic mass is 16.5. The molecular weight excluding hydrogens is 635 g/mol. The molecule has 4 heteroatoms. The van der Waals surface area contributed by atoms with Crippen LogP contribution in [0, 0.1) is 11.3 Å². The predicted molar refractivity (Wildman–Crippen MR) is 206 cm³/mol. The van der Waals surface area contributed by atoms with Crippen LogP contribution in [0.15, 0.2) is 176 Å². The first-order valence-corrected chi connectivity index (χ1v) is 17.4. The van der Waals surface area contributed by atoms with Crippen molar-refractivity contribution < 1.29 is 4.74 Å². The van der Waals surface area contributed by atoms with Gasteiger partial charge >= 0.3 is 0 Å². The van der Waals surface area contributed by atoms with E-state index in [1.165, 1.54) is 22.3 Å². The number of hydrogen-bond acceptors (Lipinski definition) is 4. The molecule has 0 radical (unpaired) electrons. The highest BCUT2D eigenvalue weighted by Gasteiger charge is 2.52. The lowest BCUT2D eigenvalue weighted by Gasteiger charge is -2.40. The Labute approximate surface area is 301 Å². The van der Waals surface area contributed by atoms with E-state index >= 15 is 0 Å². The summed E-state index contributed by atoms with van der Waals surface area (Å²) >= 11 is 0. The molecule has 52 heavy (non-hydrogen) atoms. The first-order valence-electron chi connectivity index (χ1n) is 17.4. The lowest BCUT2D eigenvalue weighted by molar-refractivity contribution is 0.438. The van der Waals surface area contributed by atoms with Crippen LogP contribution >= 0.6 is 0 Å². The Bertz CT molecular complexity index is 2660. The number of rotatable bonds is 4. The predicted octanol–water partition coefficient (Wildman–Crippen LogP) is 11.5. The number of fused-ring (bicyclic) bond motifs is 9. The van der Waals surface area contributed by atoms with Gasteiger partial charge < -0.3 is 4.74 Å². The van der Waals surface area contributed by atoms with E-state index in [0.717, 1.165) is 61.8 Å². The summed E-state index contributed by atoms with van der Waals surface area (Å²) in [6, 6.07) is 62.9. The molecule has 2 heterocycles. The van der Waals surface area contributed by atoms with Crippen molar-refractivity contribution in [2.75, 3.05) is 0 Å². The van der Waals surface area contributed by atoms with Gasteiger partial charge in [0.05, 0.1) is 28.4 Å². The third kappa shape index (κ3) is 4.40. The molecule has 1 spiro atoms. The van der Waals surface area contributed by atoms with Gasteiger partial charge in [-0.05, 0) is 63.7 Å². The van der Waals surface area contributed by atoms with Crippen molar-refractivity contribution in [3.63, 3.8) is 0 Å².